The Morgan fingerprint density at radius 3 is 2.76 bits per heavy atom. The molecule has 0 bridgehead atoms. The third kappa shape index (κ3) is 2.33. The van der Waals surface area contributed by atoms with Gasteiger partial charge in [-0.3, -0.25) is 0 Å². The van der Waals surface area contributed by atoms with Crippen LogP contribution in [-0.2, 0) is 0 Å². The molecule has 5 rings (SSSR count). The quantitative estimate of drug-likeness (QED) is 0.481. The molecule has 2 aromatic carbocycles. The van der Waals surface area contributed by atoms with E-state index >= 15 is 0 Å². The summed E-state index contributed by atoms with van der Waals surface area (Å²) in [7, 11) is 0. The molecule has 5 nitrogen and oxygen atoms in total. The van der Waals surface area contributed by atoms with Crippen LogP contribution in [0, 0.1) is 6.92 Å². The predicted molar refractivity (Wildman–Crippen MR) is 101 cm³/mol. The maximum atomic E-state index is 6.10. The van der Waals surface area contributed by atoms with Gasteiger partial charge in [0, 0.05) is 10.6 Å². The Kier molecular flexibility index (Phi) is 3.16. The number of benzene rings is 2. The van der Waals surface area contributed by atoms with Gasteiger partial charge in [-0.05, 0) is 25.1 Å². The van der Waals surface area contributed by atoms with Crippen molar-refractivity contribution in [2.45, 2.75) is 6.92 Å². The highest BCUT2D eigenvalue weighted by atomic mass is 35.5. The van der Waals surface area contributed by atoms with Gasteiger partial charge in [0.2, 0.25) is 4.96 Å². The van der Waals surface area contributed by atoms with E-state index in [1.807, 2.05) is 60.0 Å². The number of nitrogens with one attached hydrogen (secondary N) is 1. The molecule has 0 saturated carbocycles. The van der Waals surface area contributed by atoms with Gasteiger partial charge in [-0.2, -0.15) is 9.61 Å². The number of aromatic amines is 1. The van der Waals surface area contributed by atoms with Crippen molar-refractivity contribution in [3.8, 4) is 22.8 Å². The second-order valence-electron chi connectivity index (χ2n) is 5.74. The van der Waals surface area contributed by atoms with Crippen LogP contribution in [0.3, 0.4) is 0 Å². The molecule has 3 aromatic heterocycles. The first-order valence-electron chi connectivity index (χ1n) is 7.76. The van der Waals surface area contributed by atoms with Crippen molar-refractivity contribution in [3.63, 3.8) is 0 Å². The first-order valence-corrected chi connectivity index (χ1v) is 8.96. The van der Waals surface area contributed by atoms with E-state index < -0.39 is 0 Å². The average molecular weight is 366 g/mol. The standard InChI is InChI=1S/C18H12ClN5S/c1-10-23-24-16(17-20-13-8-7-12(19)9-14(13)21-17)15(22-18(24)25-10)11-5-3-2-4-6-11/h2-9H,1H3,(H,20,21). The van der Waals surface area contributed by atoms with E-state index in [2.05, 4.69) is 10.1 Å². The zero-order chi connectivity index (χ0) is 17.0. The van der Waals surface area contributed by atoms with E-state index in [-0.39, 0.29) is 0 Å². The van der Waals surface area contributed by atoms with Crippen LogP contribution in [-0.4, -0.2) is 24.6 Å². The number of aromatic nitrogens is 5. The van der Waals surface area contributed by atoms with Crippen molar-refractivity contribution in [1.29, 1.82) is 0 Å². The summed E-state index contributed by atoms with van der Waals surface area (Å²) in [6.07, 6.45) is 0. The molecule has 0 fully saturated rings. The van der Waals surface area contributed by atoms with Crippen LogP contribution in [0.5, 0.6) is 0 Å². The summed E-state index contributed by atoms with van der Waals surface area (Å²) in [5.74, 6) is 0.730. The molecule has 0 aliphatic carbocycles. The number of imidazole rings is 2. The lowest BCUT2D eigenvalue weighted by molar-refractivity contribution is 0.945. The lowest BCUT2D eigenvalue weighted by Crippen LogP contribution is -1.93. The highest BCUT2D eigenvalue weighted by Crippen LogP contribution is 2.34. The number of halogens is 1. The highest BCUT2D eigenvalue weighted by molar-refractivity contribution is 7.16. The number of rotatable bonds is 2. The Morgan fingerprint density at radius 2 is 1.92 bits per heavy atom. The van der Waals surface area contributed by atoms with Gasteiger partial charge in [-0.25, -0.2) is 9.97 Å². The van der Waals surface area contributed by atoms with Gasteiger partial charge in [-0.1, -0.05) is 53.3 Å². The molecule has 1 N–H and O–H groups in total. The molecular weight excluding hydrogens is 354 g/mol. The molecule has 0 atom stereocenters. The largest absolute Gasteiger partial charge is 0.337 e. The third-order valence-electron chi connectivity index (χ3n) is 4.02. The maximum Gasteiger partial charge on any atom is 0.213 e. The molecule has 5 aromatic rings. The van der Waals surface area contributed by atoms with E-state index in [0.29, 0.717) is 5.02 Å². The van der Waals surface area contributed by atoms with Gasteiger partial charge in [0.15, 0.2) is 5.82 Å². The number of H-pyrrole nitrogens is 1. The maximum absolute atomic E-state index is 6.10. The van der Waals surface area contributed by atoms with E-state index in [9.17, 15) is 0 Å². The van der Waals surface area contributed by atoms with Gasteiger partial charge in [0.25, 0.3) is 0 Å². The Bertz CT molecular complexity index is 1220. The van der Waals surface area contributed by atoms with Crippen LogP contribution in [0.15, 0.2) is 48.5 Å². The van der Waals surface area contributed by atoms with Crippen LogP contribution >= 0.6 is 22.9 Å². The monoisotopic (exact) mass is 365 g/mol. The van der Waals surface area contributed by atoms with Gasteiger partial charge in [0.1, 0.15) is 16.4 Å². The molecule has 122 valence electrons. The second-order valence-corrected chi connectivity index (χ2v) is 7.33. The molecule has 0 aliphatic rings. The minimum Gasteiger partial charge on any atom is -0.337 e. The normalized spacial score (nSPS) is 11.6. The zero-order valence-corrected chi connectivity index (χ0v) is 14.8. The Labute approximate surface area is 151 Å². The van der Waals surface area contributed by atoms with Gasteiger partial charge in [0.05, 0.1) is 11.0 Å². The first-order chi connectivity index (χ1) is 12.2. The predicted octanol–water partition coefficient (Wildman–Crippen LogP) is 4.96. The van der Waals surface area contributed by atoms with Crippen molar-refractivity contribution >= 4 is 38.9 Å². The van der Waals surface area contributed by atoms with E-state index in [1.54, 1.807) is 11.3 Å². The highest BCUT2D eigenvalue weighted by Gasteiger charge is 2.21. The Morgan fingerprint density at radius 1 is 1.08 bits per heavy atom. The van der Waals surface area contributed by atoms with Crippen molar-refractivity contribution in [2.75, 3.05) is 0 Å². The third-order valence-corrected chi connectivity index (χ3v) is 5.08. The lowest BCUT2D eigenvalue weighted by Gasteiger charge is -2.01. The summed E-state index contributed by atoms with van der Waals surface area (Å²) in [4.78, 5) is 13.7. The fraction of sp³-hybridized carbons (Fsp3) is 0.0556. The second kappa shape index (κ2) is 5.40. The molecular formula is C18H12ClN5S. The minimum atomic E-state index is 0.675. The summed E-state index contributed by atoms with van der Waals surface area (Å²) in [5.41, 5.74) is 4.51. The number of hydrogen-bond donors (Lipinski definition) is 1. The fourth-order valence-electron chi connectivity index (χ4n) is 2.95. The molecule has 7 heteroatoms. The molecule has 3 heterocycles. The number of aryl methyl sites for hydroxylation is 1. The van der Waals surface area contributed by atoms with Crippen molar-refractivity contribution < 1.29 is 0 Å². The summed E-state index contributed by atoms with van der Waals surface area (Å²) in [6, 6.07) is 15.7. The van der Waals surface area contributed by atoms with Crippen LogP contribution < -0.4 is 0 Å². The number of hydrogen-bond acceptors (Lipinski definition) is 4. The summed E-state index contributed by atoms with van der Waals surface area (Å²) >= 11 is 7.67. The minimum absolute atomic E-state index is 0.675. The summed E-state index contributed by atoms with van der Waals surface area (Å²) in [5, 5.41) is 6.25. The number of fused-ring (bicyclic) bond motifs is 2. The molecule has 0 unspecified atom stereocenters. The Hall–Kier alpha value is -2.70. The molecule has 0 spiro atoms. The molecule has 0 aliphatic heterocycles. The molecule has 0 saturated heterocycles. The molecule has 25 heavy (non-hydrogen) atoms. The lowest BCUT2D eigenvalue weighted by atomic mass is 10.1. The SMILES string of the molecule is Cc1nn2c(-c3nc4ccc(Cl)cc4[nH]3)c(-c3ccccc3)nc2s1. The van der Waals surface area contributed by atoms with Crippen LogP contribution in [0.2, 0.25) is 5.02 Å². The smallest absolute Gasteiger partial charge is 0.213 e. The van der Waals surface area contributed by atoms with E-state index in [4.69, 9.17) is 21.6 Å². The molecule has 0 radical (unpaired) electrons. The van der Waals surface area contributed by atoms with E-state index in [0.717, 1.165) is 43.8 Å². The van der Waals surface area contributed by atoms with E-state index in [1.165, 1.54) is 0 Å². The number of nitrogens with zero attached hydrogens (tertiary/aromatic N) is 4. The first kappa shape index (κ1) is 14.6. The van der Waals surface area contributed by atoms with Crippen molar-refractivity contribution in [1.82, 2.24) is 24.6 Å². The Balaban J connectivity index is 1.83. The van der Waals surface area contributed by atoms with Crippen molar-refractivity contribution in [2.24, 2.45) is 0 Å². The van der Waals surface area contributed by atoms with Gasteiger partial charge < -0.3 is 4.98 Å². The van der Waals surface area contributed by atoms with Crippen LogP contribution in [0.25, 0.3) is 38.8 Å². The fourth-order valence-corrected chi connectivity index (χ4v) is 3.86. The average Bonchev–Trinajstić information content (AvgIpc) is 3.26. The summed E-state index contributed by atoms with van der Waals surface area (Å²) < 4.78 is 1.86. The van der Waals surface area contributed by atoms with Crippen LogP contribution in [0.4, 0.5) is 0 Å². The summed E-state index contributed by atoms with van der Waals surface area (Å²) in [6.45, 7) is 1.98. The molecule has 0 amide bonds. The van der Waals surface area contributed by atoms with Crippen LogP contribution in [0.1, 0.15) is 5.01 Å². The van der Waals surface area contributed by atoms with Gasteiger partial charge in [-0.15, -0.1) is 0 Å². The topological polar surface area (TPSA) is 58.9 Å². The zero-order valence-electron chi connectivity index (χ0n) is 13.2. The van der Waals surface area contributed by atoms with Crippen molar-refractivity contribution in [3.05, 3.63) is 58.6 Å². The van der Waals surface area contributed by atoms with Gasteiger partial charge >= 0.3 is 0 Å².